The number of halogens is 1. The highest BCUT2D eigenvalue weighted by Gasteiger charge is 2.33. The fraction of sp³-hybridized carbons (Fsp3) is 0.529. The van der Waals surface area contributed by atoms with Crippen LogP contribution in [0.2, 0.25) is 0 Å². The van der Waals surface area contributed by atoms with Crippen LogP contribution in [0.25, 0.3) is 0 Å². The number of anilines is 1. The maximum Gasteiger partial charge on any atom is 0.317 e. The molecule has 0 aromatic heterocycles. The lowest BCUT2D eigenvalue weighted by molar-refractivity contribution is -0.117. The van der Waals surface area contributed by atoms with Gasteiger partial charge in [-0.3, -0.25) is 9.69 Å². The normalized spacial score (nSPS) is 21.7. The first kappa shape index (κ1) is 17.6. The van der Waals surface area contributed by atoms with Gasteiger partial charge in [-0.15, -0.1) is 0 Å². The zero-order valence-electron chi connectivity index (χ0n) is 14.0. The van der Waals surface area contributed by atoms with Crippen LogP contribution in [0.5, 0.6) is 0 Å². The van der Waals surface area contributed by atoms with Crippen molar-refractivity contribution in [3.8, 4) is 0 Å². The molecule has 0 saturated carbocycles. The molecule has 25 heavy (non-hydrogen) atoms. The Balaban J connectivity index is 1.52. The lowest BCUT2D eigenvalue weighted by Crippen LogP contribution is -2.54. The lowest BCUT2D eigenvalue weighted by atomic mass is 10.2. The average molecular weight is 350 g/mol. The van der Waals surface area contributed by atoms with Gasteiger partial charge in [-0.2, -0.15) is 0 Å². The first-order valence-corrected chi connectivity index (χ1v) is 8.51. The van der Waals surface area contributed by atoms with Crippen LogP contribution in [-0.4, -0.2) is 78.8 Å². The average Bonchev–Trinajstić information content (AvgIpc) is 2.96. The van der Waals surface area contributed by atoms with Gasteiger partial charge in [-0.25, -0.2) is 9.18 Å². The van der Waals surface area contributed by atoms with E-state index in [0.29, 0.717) is 31.9 Å². The summed E-state index contributed by atoms with van der Waals surface area (Å²) in [6, 6.07) is 5.45. The van der Waals surface area contributed by atoms with E-state index in [1.165, 1.54) is 17.0 Å². The van der Waals surface area contributed by atoms with Crippen LogP contribution < -0.4 is 10.2 Å². The number of amides is 3. The van der Waals surface area contributed by atoms with E-state index in [1.807, 2.05) is 0 Å². The third-order valence-electron chi connectivity index (χ3n) is 4.65. The van der Waals surface area contributed by atoms with E-state index in [0.717, 1.165) is 13.1 Å². The Morgan fingerprint density at radius 3 is 2.72 bits per heavy atom. The third kappa shape index (κ3) is 4.26. The molecule has 3 rings (SSSR count). The van der Waals surface area contributed by atoms with E-state index in [4.69, 9.17) is 5.11 Å². The predicted molar refractivity (Wildman–Crippen MR) is 90.8 cm³/mol. The van der Waals surface area contributed by atoms with E-state index in [2.05, 4.69) is 10.2 Å². The molecule has 2 aliphatic rings. The van der Waals surface area contributed by atoms with Crippen LogP contribution in [0.15, 0.2) is 24.3 Å². The SMILES string of the molecule is O=C(NC1CC(=O)N(c2cccc(F)c2)C1)N1CCN(CCO)CC1. The molecule has 0 spiro atoms. The number of nitrogens with one attached hydrogen (secondary N) is 1. The number of hydrogen-bond acceptors (Lipinski definition) is 4. The number of aliphatic hydroxyl groups is 1. The largest absolute Gasteiger partial charge is 0.395 e. The fourth-order valence-corrected chi connectivity index (χ4v) is 3.28. The number of hydrogen-bond donors (Lipinski definition) is 2. The van der Waals surface area contributed by atoms with Crippen LogP contribution >= 0.6 is 0 Å². The molecule has 2 N–H and O–H groups in total. The minimum absolute atomic E-state index is 0.117. The molecule has 1 atom stereocenters. The van der Waals surface area contributed by atoms with Gasteiger partial charge in [0.1, 0.15) is 5.82 Å². The van der Waals surface area contributed by atoms with E-state index >= 15 is 0 Å². The second-order valence-electron chi connectivity index (χ2n) is 6.39. The minimum Gasteiger partial charge on any atom is -0.395 e. The summed E-state index contributed by atoms with van der Waals surface area (Å²) in [6.07, 6.45) is 0.215. The fourth-order valence-electron chi connectivity index (χ4n) is 3.28. The van der Waals surface area contributed by atoms with Crippen molar-refractivity contribution >= 4 is 17.6 Å². The topological polar surface area (TPSA) is 76.1 Å². The highest BCUT2D eigenvalue weighted by atomic mass is 19.1. The van der Waals surface area contributed by atoms with Gasteiger partial charge >= 0.3 is 6.03 Å². The highest BCUT2D eigenvalue weighted by molar-refractivity contribution is 5.96. The summed E-state index contributed by atoms with van der Waals surface area (Å²) in [5.74, 6) is -0.512. The molecule has 0 radical (unpaired) electrons. The number of nitrogens with zero attached hydrogens (tertiary/aromatic N) is 3. The molecule has 2 saturated heterocycles. The Hall–Kier alpha value is -2.19. The van der Waals surface area contributed by atoms with Gasteiger partial charge in [0.25, 0.3) is 0 Å². The molecule has 2 fully saturated rings. The quantitative estimate of drug-likeness (QED) is 0.816. The summed E-state index contributed by atoms with van der Waals surface area (Å²) in [7, 11) is 0. The van der Waals surface area contributed by atoms with Crippen molar-refractivity contribution < 1.29 is 19.1 Å². The van der Waals surface area contributed by atoms with Crippen molar-refractivity contribution in [2.45, 2.75) is 12.5 Å². The summed E-state index contributed by atoms with van der Waals surface area (Å²) in [5, 5.41) is 11.9. The smallest absolute Gasteiger partial charge is 0.317 e. The van der Waals surface area contributed by atoms with Crippen molar-refractivity contribution in [2.75, 3.05) is 50.8 Å². The molecule has 0 bridgehead atoms. The maximum atomic E-state index is 13.4. The molecule has 2 heterocycles. The van der Waals surface area contributed by atoms with Crippen molar-refractivity contribution in [3.63, 3.8) is 0 Å². The summed E-state index contributed by atoms with van der Waals surface area (Å²) in [4.78, 5) is 29.9. The van der Waals surface area contributed by atoms with Crippen molar-refractivity contribution in [3.05, 3.63) is 30.1 Å². The Morgan fingerprint density at radius 2 is 2.04 bits per heavy atom. The van der Waals surface area contributed by atoms with Crippen LogP contribution in [0, 0.1) is 5.82 Å². The zero-order valence-corrected chi connectivity index (χ0v) is 14.0. The minimum atomic E-state index is -0.390. The number of aliphatic hydroxyl groups excluding tert-OH is 1. The molecular weight excluding hydrogens is 327 g/mol. The lowest BCUT2D eigenvalue weighted by Gasteiger charge is -2.34. The number of benzene rings is 1. The van der Waals surface area contributed by atoms with Crippen LogP contribution in [0.1, 0.15) is 6.42 Å². The molecule has 136 valence electrons. The number of carbonyl (C=O) groups is 2. The van der Waals surface area contributed by atoms with Gasteiger partial charge in [0, 0.05) is 51.4 Å². The zero-order chi connectivity index (χ0) is 17.8. The second kappa shape index (κ2) is 7.79. The molecule has 7 nitrogen and oxygen atoms in total. The number of rotatable bonds is 4. The van der Waals surface area contributed by atoms with Crippen molar-refractivity contribution in [2.24, 2.45) is 0 Å². The molecule has 8 heteroatoms. The van der Waals surface area contributed by atoms with Gasteiger partial charge in [0.15, 0.2) is 0 Å². The standard InChI is InChI=1S/C17H23FN4O3/c18-13-2-1-3-15(10-13)22-12-14(11-16(22)24)19-17(25)21-6-4-20(5-7-21)8-9-23/h1-3,10,14,23H,4-9,11-12H2,(H,19,25). The van der Waals surface area contributed by atoms with Crippen LogP contribution in [0.4, 0.5) is 14.9 Å². The first-order chi connectivity index (χ1) is 12.1. The molecule has 1 aromatic rings. The maximum absolute atomic E-state index is 13.4. The van der Waals surface area contributed by atoms with Crippen LogP contribution in [0.3, 0.4) is 0 Å². The number of β-amino-alcohol motifs (C(OH)–C–C–N with tert-alkyl or cyclic N) is 1. The monoisotopic (exact) mass is 350 g/mol. The van der Waals surface area contributed by atoms with E-state index in [1.54, 1.807) is 17.0 Å². The van der Waals surface area contributed by atoms with Gasteiger partial charge in [-0.1, -0.05) is 6.07 Å². The molecule has 2 aliphatic heterocycles. The van der Waals surface area contributed by atoms with Crippen molar-refractivity contribution in [1.29, 1.82) is 0 Å². The molecule has 1 unspecified atom stereocenters. The summed E-state index contributed by atoms with van der Waals surface area (Å²) in [5.41, 5.74) is 0.513. The molecule has 1 aromatic carbocycles. The van der Waals surface area contributed by atoms with Gasteiger partial charge in [0.2, 0.25) is 5.91 Å². The molecule has 0 aliphatic carbocycles. The third-order valence-corrected chi connectivity index (χ3v) is 4.65. The second-order valence-corrected chi connectivity index (χ2v) is 6.39. The first-order valence-electron chi connectivity index (χ1n) is 8.51. The van der Waals surface area contributed by atoms with Crippen LogP contribution in [-0.2, 0) is 4.79 Å². The molecule has 3 amide bonds. The van der Waals surface area contributed by atoms with Gasteiger partial charge < -0.3 is 20.2 Å². The Morgan fingerprint density at radius 1 is 1.28 bits per heavy atom. The predicted octanol–water partition coefficient (Wildman–Crippen LogP) is 0.251. The molecular formula is C17H23FN4O3. The number of carbonyl (C=O) groups excluding carboxylic acids is 2. The number of urea groups is 1. The van der Waals surface area contributed by atoms with Gasteiger partial charge in [0.05, 0.1) is 12.6 Å². The van der Waals surface area contributed by atoms with E-state index in [9.17, 15) is 14.0 Å². The van der Waals surface area contributed by atoms with Crippen molar-refractivity contribution in [1.82, 2.24) is 15.1 Å². The summed E-state index contributed by atoms with van der Waals surface area (Å²) >= 11 is 0. The number of piperazine rings is 1. The summed E-state index contributed by atoms with van der Waals surface area (Å²) in [6.45, 7) is 3.74. The van der Waals surface area contributed by atoms with Gasteiger partial charge in [-0.05, 0) is 18.2 Å². The highest BCUT2D eigenvalue weighted by Crippen LogP contribution is 2.22. The Bertz CT molecular complexity index is 634. The van der Waals surface area contributed by atoms with E-state index < -0.39 is 5.82 Å². The Kier molecular flexibility index (Phi) is 5.50. The Labute approximate surface area is 146 Å². The summed E-state index contributed by atoms with van der Waals surface area (Å²) < 4.78 is 13.4. The van der Waals surface area contributed by atoms with E-state index in [-0.39, 0.29) is 31.0 Å².